The summed E-state index contributed by atoms with van der Waals surface area (Å²) in [5.74, 6) is 0. The van der Waals surface area contributed by atoms with Gasteiger partial charge < -0.3 is 5.11 Å². The second-order valence-electron chi connectivity index (χ2n) is 5.73. The third-order valence-corrected chi connectivity index (χ3v) is 4.52. The third-order valence-electron chi connectivity index (χ3n) is 4.52. The van der Waals surface area contributed by atoms with E-state index in [0.29, 0.717) is 0 Å². The Hall–Kier alpha value is -1.93. The lowest BCUT2D eigenvalue weighted by atomic mass is 10.00. The van der Waals surface area contributed by atoms with Crippen LogP contribution >= 0.6 is 0 Å². The molecule has 0 spiro atoms. The molecule has 0 bridgehead atoms. The van der Waals surface area contributed by atoms with Crippen molar-refractivity contribution >= 4 is 6.21 Å². The number of fused-ring (bicyclic) bond motifs is 2. The molecule has 0 fully saturated rings. The smallest absolute Gasteiger partial charge is 0.204 e. The summed E-state index contributed by atoms with van der Waals surface area (Å²) in [6.07, 6.45) is 3.74. The van der Waals surface area contributed by atoms with Gasteiger partial charge in [0.2, 0.25) is 6.04 Å². The molecule has 20 heavy (non-hydrogen) atoms. The summed E-state index contributed by atoms with van der Waals surface area (Å²) in [6, 6.07) is 17.1. The molecule has 0 saturated heterocycles. The van der Waals surface area contributed by atoms with Crippen LogP contribution in [0.3, 0.4) is 0 Å². The van der Waals surface area contributed by atoms with Gasteiger partial charge in [-0.05, 0) is 17.2 Å². The van der Waals surface area contributed by atoms with Crippen LogP contribution in [0.15, 0.2) is 48.5 Å². The maximum absolute atomic E-state index is 10.4. The number of hydrogen-bond donors (Lipinski definition) is 1. The topological polar surface area (TPSA) is 23.2 Å². The van der Waals surface area contributed by atoms with Crippen LogP contribution in [0.5, 0.6) is 0 Å². The first kappa shape index (κ1) is 11.9. The van der Waals surface area contributed by atoms with Crippen LogP contribution in [0.1, 0.15) is 28.3 Å². The molecular weight excluding hydrogens is 246 g/mol. The Kier molecular flexibility index (Phi) is 2.71. The maximum Gasteiger partial charge on any atom is 0.204 e. The van der Waals surface area contributed by atoms with Crippen molar-refractivity contribution in [3.8, 4) is 0 Å². The van der Waals surface area contributed by atoms with Crippen LogP contribution in [0.2, 0.25) is 0 Å². The van der Waals surface area contributed by atoms with Crippen molar-refractivity contribution < 1.29 is 9.68 Å². The van der Waals surface area contributed by atoms with Gasteiger partial charge in [-0.3, -0.25) is 0 Å². The highest BCUT2D eigenvalue weighted by Crippen LogP contribution is 2.34. The second kappa shape index (κ2) is 4.57. The van der Waals surface area contributed by atoms with Crippen molar-refractivity contribution in [2.75, 3.05) is 6.54 Å². The van der Waals surface area contributed by atoms with Gasteiger partial charge in [-0.15, -0.1) is 0 Å². The largest absolute Gasteiger partial charge is 0.385 e. The molecule has 0 amide bonds. The molecule has 0 unspecified atom stereocenters. The molecule has 2 aromatic carbocycles. The molecule has 2 atom stereocenters. The molecule has 2 aromatic rings. The van der Waals surface area contributed by atoms with Crippen LogP contribution in [0.4, 0.5) is 0 Å². The molecular formula is C18H18NO+. The Morgan fingerprint density at radius 1 is 0.950 bits per heavy atom. The van der Waals surface area contributed by atoms with E-state index in [4.69, 9.17) is 0 Å². The zero-order chi connectivity index (χ0) is 13.5. The average Bonchev–Trinajstić information content (AvgIpc) is 2.82. The van der Waals surface area contributed by atoms with Crippen molar-refractivity contribution in [3.63, 3.8) is 0 Å². The highest BCUT2D eigenvalue weighted by Gasteiger charge is 2.39. The number of rotatable bonds is 1. The Morgan fingerprint density at radius 2 is 1.70 bits per heavy atom. The third kappa shape index (κ3) is 1.80. The Labute approximate surface area is 119 Å². The molecule has 1 heterocycles. The average molecular weight is 264 g/mol. The second-order valence-corrected chi connectivity index (χ2v) is 5.73. The van der Waals surface area contributed by atoms with E-state index < -0.39 is 0 Å². The van der Waals surface area contributed by atoms with Crippen LogP contribution in [-0.2, 0) is 12.8 Å². The van der Waals surface area contributed by atoms with Crippen molar-refractivity contribution in [2.24, 2.45) is 0 Å². The van der Waals surface area contributed by atoms with Crippen LogP contribution in [0.25, 0.3) is 0 Å². The number of aliphatic hydroxyl groups is 1. The lowest BCUT2D eigenvalue weighted by molar-refractivity contribution is -0.577. The molecule has 0 aromatic heterocycles. The standard InChI is InChI=1S/C18H18NO/c20-17-11-14-6-3-4-8-16(14)18(17)19-10-9-13-5-1-2-7-15(13)12-19/h1-8,12,17-18,20H,9-11H2/q+1/t17-,18+/m0/s1. The quantitative estimate of drug-likeness (QED) is 0.785. The van der Waals surface area contributed by atoms with Crippen molar-refractivity contribution in [1.82, 2.24) is 0 Å². The Bertz CT molecular complexity index is 689. The van der Waals surface area contributed by atoms with E-state index in [1.807, 2.05) is 0 Å². The fourth-order valence-electron chi connectivity index (χ4n) is 3.55. The maximum atomic E-state index is 10.4. The fourth-order valence-corrected chi connectivity index (χ4v) is 3.55. The molecule has 100 valence electrons. The summed E-state index contributed by atoms with van der Waals surface area (Å²) in [5.41, 5.74) is 5.27. The first-order chi connectivity index (χ1) is 9.83. The van der Waals surface area contributed by atoms with Gasteiger partial charge in [0.25, 0.3) is 0 Å². The molecule has 1 aliphatic carbocycles. The molecule has 2 heteroatoms. The predicted molar refractivity (Wildman–Crippen MR) is 79.3 cm³/mol. The summed E-state index contributed by atoms with van der Waals surface area (Å²) in [7, 11) is 0. The monoisotopic (exact) mass is 264 g/mol. The highest BCUT2D eigenvalue weighted by atomic mass is 16.3. The number of nitrogens with zero attached hydrogens (tertiary/aromatic N) is 1. The van der Waals surface area contributed by atoms with E-state index in [1.165, 1.54) is 22.3 Å². The first-order valence-corrected chi connectivity index (χ1v) is 7.27. The highest BCUT2D eigenvalue weighted by molar-refractivity contribution is 5.78. The number of aliphatic hydroxyl groups excluding tert-OH is 1. The molecule has 2 aliphatic rings. The summed E-state index contributed by atoms with van der Waals surface area (Å²) in [6.45, 7) is 0.979. The van der Waals surface area contributed by atoms with Gasteiger partial charge in [0.05, 0.1) is 0 Å². The molecule has 0 saturated carbocycles. The van der Waals surface area contributed by atoms with E-state index >= 15 is 0 Å². The van der Waals surface area contributed by atoms with Crippen LogP contribution in [0, 0.1) is 0 Å². The zero-order valence-corrected chi connectivity index (χ0v) is 11.4. The van der Waals surface area contributed by atoms with E-state index in [1.54, 1.807) is 0 Å². The van der Waals surface area contributed by atoms with Gasteiger partial charge in [-0.25, -0.2) is 4.58 Å². The van der Waals surface area contributed by atoms with Gasteiger partial charge in [0.15, 0.2) is 6.21 Å². The van der Waals surface area contributed by atoms with Crippen LogP contribution < -0.4 is 0 Å². The van der Waals surface area contributed by atoms with Crippen molar-refractivity contribution in [2.45, 2.75) is 25.0 Å². The van der Waals surface area contributed by atoms with Gasteiger partial charge >= 0.3 is 0 Å². The van der Waals surface area contributed by atoms with Gasteiger partial charge in [0, 0.05) is 24.0 Å². The Morgan fingerprint density at radius 3 is 2.60 bits per heavy atom. The minimum atomic E-state index is -0.297. The summed E-state index contributed by atoms with van der Waals surface area (Å²) < 4.78 is 2.32. The zero-order valence-electron chi connectivity index (χ0n) is 11.4. The molecule has 4 rings (SSSR count). The minimum absolute atomic E-state index is 0.111. The predicted octanol–water partition coefficient (Wildman–Crippen LogP) is 2.33. The SMILES string of the molecule is O[C@H]1Cc2ccccc2[C@H]1[N+]1=Cc2ccccc2CC1. The molecule has 2 nitrogen and oxygen atoms in total. The summed E-state index contributed by atoms with van der Waals surface area (Å²) >= 11 is 0. The van der Waals surface area contributed by atoms with Crippen molar-refractivity contribution in [3.05, 3.63) is 70.8 Å². The van der Waals surface area contributed by atoms with Gasteiger partial charge in [0.1, 0.15) is 12.6 Å². The van der Waals surface area contributed by atoms with Crippen molar-refractivity contribution in [1.29, 1.82) is 0 Å². The summed E-state index contributed by atoms with van der Waals surface area (Å²) in [4.78, 5) is 0. The Balaban J connectivity index is 1.78. The molecule has 1 aliphatic heterocycles. The van der Waals surface area contributed by atoms with E-state index in [-0.39, 0.29) is 12.1 Å². The normalized spacial score (nSPS) is 23.9. The molecule has 1 N–H and O–H groups in total. The summed E-state index contributed by atoms with van der Waals surface area (Å²) in [5, 5.41) is 10.4. The number of hydrogen-bond acceptors (Lipinski definition) is 1. The van der Waals surface area contributed by atoms with E-state index in [2.05, 4.69) is 59.3 Å². The fraction of sp³-hybridized carbons (Fsp3) is 0.278. The lowest BCUT2D eigenvalue weighted by Gasteiger charge is -2.19. The first-order valence-electron chi connectivity index (χ1n) is 7.27. The van der Waals surface area contributed by atoms with Gasteiger partial charge in [-0.1, -0.05) is 42.5 Å². The van der Waals surface area contributed by atoms with Gasteiger partial charge in [-0.2, -0.15) is 0 Å². The number of benzene rings is 2. The van der Waals surface area contributed by atoms with Crippen LogP contribution in [-0.4, -0.2) is 28.5 Å². The minimum Gasteiger partial charge on any atom is -0.385 e. The van der Waals surface area contributed by atoms with E-state index in [9.17, 15) is 5.11 Å². The lowest BCUT2D eigenvalue weighted by Crippen LogP contribution is -2.31. The molecule has 0 radical (unpaired) electrons. The van der Waals surface area contributed by atoms with E-state index in [0.717, 1.165) is 19.4 Å².